The number of nitrogens with one attached hydrogen (secondary N) is 1. The highest BCUT2D eigenvalue weighted by atomic mass is 16.5. The van der Waals surface area contributed by atoms with Crippen LogP contribution in [0.3, 0.4) is 0 Å². The van der Waals surface area contributed by atoms with Crippen LogP contribution >= 0.6 is 0 Å². The van der Waals surface area contributed by atoms with E-state index in [0.717, 1.165) is 22.6 Å². The number of carbonyl (C=O) groups is 1. The maximum absolute atomic E-state index is 12.2. The van der Waals surface area contributed by atoms with E-state index in [1.54, 1.807) is 0 Å². The first kappa shape index (κ1) is 16.5. The van der Waals surface area contributed by atoms with Crippen molar-refractivity contribution in [3.8, 4) is 11.5 Å². The summed E-state index contributed by atoms with van der Waals surface area (Å²) in [6.07, 6.45) is 0.717. The third kappa shape index (κ3) is 3.29. The molecular weight excluding hydrogens is 302 g/mol. The smallest absolute Gasteiger partial charge is 0.322 e. The van der Waals surface area contributed by atoms with Gasteiger partial charge in [0.2, 0.25) is 0 Å². The van der Waals surface area contributed by atoms with Crippen molar-refractivity contribution in [3.05, 3.63) is 59.7 Å². The molecule has 2 aromatic carbocycles. The van der Waals surface area contributed by atoms with Gasteiger partial charge in [0.1, 0.15) is 17.5 Å². The Bertz CT molecular complexity index is 681. The Morgan fingerprint density at radius 2 is 1.62 bits per heavy atom. The number of carbonyl (C=O) groups excluding carboxylic acids is 1. The molecule has 4 nitrogen and oxygen atoms in total. The largest absolute Gasteiger partial charge is 0.468 e. The van der Waals surface area contributed by atoms with E-state index in [2.05, 4.69) is 19.2 Å². The van der Waals surface area contributed by atoms with E-state index in [1.807, 2.05) is 48.5 Å². The Morgan fingerprint density at radius 1 is 1.08 bits per heavy atom. The molecule has 0 saturated heterocycles. The van der Waals surface area contributed by atoms with Crippen LogP contribution in [0.2, 0.25) is 0 Å². The normalized spacial score (nSPS) is 14.5. The summed E-state index contributed by atoms with van der Waals surface area (Å²) in [5, 5.41) is 3.50. The van der Waals surface area contributed by atoms with Gasteiger partial charge in [-0.1, -0.05) is 50.2 Å². The molecule has 4 heteroatoms. The Labute approximate surface area is 142 Å². The van der Waals surface area contributed by atoms with Crippen molar-refractivity contribution in [1.82, 2.24) is 5.32 Å². The minimum atomic E-state index is -0.362. The molecule has 0 spiro atoms. The third-order valence-electron chi connectivity index (χ3n) is 4.24. The van der Waals surface area contributed by atoms with E-state index in [4.69, 9.17) is 9.47 Å². The summed E-state index contributed by atoms with van der Waals surface area (Å²) < 4.78 is 11.0. The van der Waals surface area contributed by atoms with Crippen molar-refractivity contribution < 1.29 is 14.3 Å². The Kier molecular flexibility index (Phi) is 4.86. The quantitative estimate of drug-likeness (QED) is 0.842. The molecule has 0 aliphatic carbocycles. The molecule has 0 fully saturated rings. The first-order chi connectivity index (χ1) is 11.6. The molecule has 0 amide bonds. The van der Waals surface area contributed by atoms with Gasteiger partial charge in [-0.25, -0.2) is 0 Å². The van der Waals surface area contributed by atoms with Gasteiger partial charge in [-0.2, -0.15) is 0 Å². The second kappa shape index (κ2) is 7.05. The van der Waals surface area contributed by atoms with Crippen molar-refractivity contribution in [3.63, 3.8) is 0 Å². The molecule has 126 valence electrons. The van der Waals surface area contributed by atoms with Gasteiger partial charge in [0.15, 0.2) is 0 Å². The van der Waals surface area contributed by atoms with Crippen LogP contribution in [0, 0.1) is 5.92 Å². The summed E-state index contributed by atoms with van der Waals surface area (Å²) in [7, 11) is 1.43. The number of fused-ring (bicyclic) bond motifs is 2. The van der Waals surface area contributed by atoms with Gasteiger partial charge in [0, 0.05) is 11.1 Å². The van der Waals surface area contributed by atoms with E-state index in [-0.39, 0.29) is 18.1 Å². The van der Waals surface area contributed by atoms with Gasteiger partial charge >= 0.3 is 5.97 Å². The lowest BCUT2D eigenvalue weighted by Crippen LogP contribution is -2.42. The van der Waals surface area contributed by atoms with E-state index < -0.39 is 0 Å². The molecule has 1 aliphatic heterocycles. The summed E-state index contributed by atoms with van der Waals surface area (Å²) in [6, 6.07) is 15.4. The second-order valence-electron chi connectivity index (χ2n) is 6.48. The highest BCUT2D eigenvalue weighted by Gasteiger charge is 2.31. The van der Waals surface area contributed by atoms with E-state index in [1.165, 1.54) is 7.11 Å². The molecule has 0 saturated carbocycles. The minimum Gasteiger partial charge on any atom is -0.468 e. The van der Waals surface area contributed by atoms with Crippen molar-refractivity contribution >= 4 is 5.97 Å². The maximum atomic E-state index is 12.2. The van der Waals surface area contributed by atoms with Crippen molar-refractivity contribution in [2.45, 2.75) is 32.4 Å². The molecule has 1 aliphatic rings. The van der Waals surface area contributed by atoms with Gasteiger partial charge in [-0.05, 0) is 24.5 Å². The zero-order valence-corrected chi connectivity index (χ0v) is 14.3. The fourth-order valence-electron chi connectivity index (χ4n) is 3.14. The van der Waals surface area contributed by atoms with Crippen LogP contribution in [0.5, 0.6) is 11.5 Å². The van der Waals surface area contributed by atoms with Crippen LogP contribution in [0.15, 0.2) is 48.5 Å². The molecule has 1 atom stereocenters. The first-order valence-electron chi connectivity index (χ1n) is 8.29. The fourth-order valence-corrected chi connectivity index (χ4v) is 3.14. The van der Waals surface area contributed by atoms with Crippen LogP contribution in [0.25, 0.3) is 0 Å². The highest BCUT2D eigenvalue weighted by Crippen LogP contribution is 2.42. The number of methoxy groups -OCH3 is 1. The minimum absolute atomic E-state index is 0.103. The van der Waals surface area contributed by atoms with Crippen molar-refractivity contribution in [1.29, 1.82) is 0 Å². The number of benzene rings is 2. The predicted octanol–water partition coefficient (Wildman–Crippen LogP) is 4.06. The monoisotopic (exact) mass is 325 g/mol. The van der Waals surface area contributed by atoms with Gasteiger partial charge in [0.05, 0.1) is 13.2 Å². The van der Waals surface area contributed by atoms with Crippen LogP contribution in [0.4, 0.5) is 0 Å². The number of ether oxygens (including phenoxy) is 2. The highest BCUT2D eigenvalue weighted by molar-refractivity contribution is 5.76. The summed E-state index contributed by atoms with van der Waals surface area (Å²) >= 11 is 0. The molecule has 0 bridgehead atoms. The van der Waals surface area contributed by atoms with Crippen molar-refractivity contribution in [2.24, 2.45) is 5.92 Å². The molecule has 2 aromatic rings. The van der Waals surface area contributed by atoms with E-state index >= 15 is 0 Å². The lowest BCUT2D eigenvalue weighted by atomic mass is 9.92. The zero-order valence-electron chi connectivity index (χ0n) is 14.3. The predicted molar refractivity (Wildman–Crippen MR) is 93.2 cm³/mol. The average molecular weight is 325 g/mol. The van der Waals surface area contributed by atoms with Crippen LogP contribution < -0.4 is 10.1 Å². The Hall–Kier alpha value is -2.33. The molecule has 0 radical (unpaired) electrons. The zero-order chi connectivity index (χ0) is 17.1. The average Bonchev–Trinajstić information content (AvgIpc) is 2.59. The van der Waals surface area contributed by atoms with Gasteiger partial charge in [0.25, 0.3) is 0 Å². The van der Waals surface area contributed by atoms with E-state index in [0.29, 0.717) is 12.3 Å². The molecule has 0 aromatic heterocycles. The Balaban J connectivity index is 1.98. The maximum Gasteiger partial charge on any atom is 0.322 e. The molecule has 1 heterocycles. The van der Waals surface area contributed by atoms with Crippen LogP contribution in [-0.4, -0.2) is 19.1 Å². The van der Waals surface area contributed by atoms with E-state index in [9.17, 15) is 4.79 Å². The van der Waals surface area contributed by atoms with Crippen molar-refractivity contribution in [2.75, 3.05) is 7.11 Å². The van der Waals surface area contributed by atoms with Gasteiger partial charge in [-0.15, -0.1) is 0 Å². The molecule has 3 rings (SSSR count). The SMILES string of the molecule is COC(=O)[C@H](CC(C)C)NC1c2ccccc2Oc2ccccc21. The molecular formula is C20H23NO3. The van der Waals surface area contributed by atoms with Crippen LogP contribution in [-0.2, 0) is 9.53 Å². The summed E-state index contributed by atoms with van der Waals surface area (Å²) in [5.74, 6) is 1.79. The number of para-hydroxylation sites is 2. The fraction of sp³-hybridized carbons (Fsp3) is 0.350. The second-order valence-corrected chi connectivity index (χ2v) is 6.48. The summed E-state index contributed by atoms with van der Waals surface area (Å²) in [6.45, 7) is 4.20. The number of rotatable bonds is 5. The number of hydrogen-bond acceptors (Lipinski definition) is 4. The van der Waals surface area contributed by atoms with Crippen LogP contribution in [0.1, 0.15) is 37.4 Å². The lowest BCUT2D eigenvalue weighted by molar-refractivity contribution is -0.143. The Morgan fingerprint density at radius 3 is 2.12 bits per heavy atom. The topological polar surface area (TPSA) is 47.6 Å². The standard InChI is InChI=1S/C20H23NO3/c1-13(2)12-16(20(22)23-3)21-19-14-8-4-6-10-17(14)24-18-11-7-5-9-15(18)19/h4-11,13,16,19,21H,12H2,1-3H3/t16-/m0/s1. The number of esters is 1. The lowest BCUT2D eigenvalue weighted by Gasteiger charge is -2.31. The van der Waals surface area contributed by atoms with Gasteiger partial charge < -0.3 is 9.47 Å². The summed E-state index contributed by atoms with van der Waals surface area (Å²) in [4.78, 5) is 12.2. The third-order valence-corrected chi connectivity index (χ3v) is 4.24. The summed E-state index contributed by atoms with van der Waals surface area (Å²) in [5.41, 5.74) is 2.07. The molecule has 24 heavy (non-hydrogen) atoms. The van der Waals surface area contributed by atoms with Gasteiger partial charge in [-0.3, -0.25) is 10.1 Å². The number of hydrogen-bond donors (Lipinski definition) is 1. The molecule has 0 unspecified atom stereocenters. The molecule has 1 N–H and O–H groups in total. The first-order valence-corrected chi connectivity index (χ1v) is 8.29.